The van der Waals surface area contributed by atoms with Crippen molar-refractivity contribution in [3.05, 3.63) is 65.9 Å². The summed E-state index contributed by atoms with van der Waals surface area (Å²) in [5, 5.41) is 19.7. The van der Waals surface area contributed by atoms with Gasteiger partial charge in [0.25, 0.3) is 5.91 Å². The van der Waals surface area contributed by atoms with Gasteiger partial charge in [-0.25, -0.2) is 10.1 Å². The van der Waals surface area contributed by atoms with Crippen LogP contribution in [0.3, 0.4) is 0 Å². The second-order valence-corrected chi connectivity index (χ2v) is 7.18. The molecule has 2 aromatic carbocycles. The molecule has 0 aliphatic carbocycles. The normalized spacial score (nSPS) is 11.4. The van der Waals surface area contributed by atoms with Gasteiger partial charge in [-0.2, -0.15) is 9.78 Å². The molecule has 0 fully saturated rings. The van der Waals surface area contributed by atoms with Gasteiger partial charge in [-0.05, 0) is 47.8 Å². The third-order valence-corrected chi connectivity index (χ3v) is 4.89. The van der Waals surface area contributed by atoms with E-state index in [-0.39, 0.29) is 17.3 Å². The number of anilines is 1. The van der Waals surface area contributed by atoms with Crippen LogP contribution in [0.15, 0.2) is 64.3 Å². The maximum absolute atomic E-state index is 13.0. The first kappa shape index (κ1) is 21.7. The van der Waals surface area contributed by atoms with Crippen molar-refractivity contribution in [2.24, 2.45) is 5.10 Å². The second-order valence-electron chi connectivity index (χ2n) is 7.18. The van der Waals surface area contributed by atoms with Gasteiger partial charge in [0.15, 0.2) is 5.69 Å². The Morgan fingerprint density at radius 1 is 1.18 bits per heavy atom. The third-order valence-electron chi connectivity index (χ3n) is 4.89. The van der Waals surface area contributed by atoms with E-state index in [9.17, 15) is 4.79 Å². The molecule has 0 radical (unpaired) electrons. The summed E-state index contributed by atoms with van der Waals surface area (Å²) in [6, 6.07) is 17.1. The van der Waals surface area contributed by atoms with Crippen LogP contribution in [0.4, 0.5) is 5.82 Å². The Hall–Kier alpha value is -4.54. The molecule has 0 bridgehead atoms. The lowest BCUT2D eigenvalue weighted by Crippen LogP contribution is -2.20. The van der Waals surface area contributed by atoms with E-state index in [2.05, 4.69) is 47.9 Å². The van der Waals surface area contributed by atoms with Gasteiger partial charge in [0.2, 0.25) is 11.6 Å². The Morgan fingerprint density at radius 2 is 2.00 bits per heavy atom. The van der Waals surface area contributed by atoms with Crippen molar-refractivity contribution in [1.82, 2.24) is 30.7 Å². The smallest absolute Gasteiger partial charge is 0.294 e. The number of ether oxygens (including phenoxy) is 1. The van der Waals surface area contributed by atoms with Gasteiger partial charge in [0, 0.05) is 11.3 Å². The van der Waals surface area contributed by atoms with Crippen molar-refractivity contribution in [2.45, 2.75) is 19.8 Å². The molecule has 3 N–H and O–H groups in total. The quantitative estimate of drug-likeness (QED) is 0.310. The second kappa shape index (κ2) is 9.73. The van der Waals surface area contributed by atoms with Crippen LogP contribution in [0.2, 0.25) is 0 Å². The van der Waals surface area contributed by atoms with E-state index in [0.717, 1.165) is 12.1 Å². The first-order valence-corrected chi connectivity index (χ1v) is 10.1. The zero-order chi connectivity index (χ0) is 23.2. The number of methoxy groups -OCH3 is 1. The predicted molar refractivity (Wildman–Crippen MR) is 121 cm³/mol. The molecular weight excluding hydrogens is 424 g/mol. The number of carbonyl (C=O) groups excluding carboxylic acids is 1. The summed E-state index contributed by atoms with van der Waals surface area (Å²) >= 11 is 0. The average Bonchev–Trinajstić information content (AvgIpc) is 3.47. The highest BCUT2D eigenvalue weighted by atomic mass is 16.6. The highest BCUT2D eigenvalue weighted by Gasteiger charge is 2.25. The monoisotopic (exact) mass is 446 g/mol. The summed E-state index contributed by atoms with van der Waals surface area (Å²) in [7, 11) is 1.55. The van der Waals surface area contributed by atoms with E-state index in [1.54, 1.807) is 31.4 Å². The number of hydrazone groups is 1. The number of aryl methyl sites for hydroxylation is 1. The molecule has 0 aliphatic rings. The van der Waals surface area contributed by atoms with Crippen LogP contribution >= 0.6 is 0 Å². The molecular formula is C22H22N8O3. The fourth-order valence-corrected chi connectivity index (χ4v) is 3.18. The summed E-state index contributed by atoms with van der Waals surface area (Å²) in [5.41, 5.74) is 11.3. The van der Waals surface area contributed by atoms with Gasteiger partial charge < -0.3 is 10.5 Å². The molecule has 0 atom stereocenters. The molecule has 0 spiro atoms. The Balaban J connectivity index is 1.61. The van der Waals surface area contributed by atoms with Crippen molar-refractivity contribution in [3.8, 4) is 22.8 Å². The third kappa shape index (κ3) is 4.87. The Kier molecular flexibility index (Phi) is 6.39. The highest BCUT2D eigenvalue weighted by Crippen LogP contribution is 2.28. The van der Waals surface area contributed by atoms with Crippen LogP contribution in [-0.4, -0.2) is 44.0 Å². The summed E-state index contributed by atoms with van der Waals surface area (Å²) in [4.78, 5) is 13.0. The molecule has 0 saturated carbocycles. The summed E-state index contributed by atoms with van der Waals surface area (Å²) in [5.74, 6) is 0.175. The minimum Gasteiger partial charge on any atom is -0.497 e. The maximum atomic E-state index is 13.0. The Bertz CT molecular complexity index is 1280. The van der Waals surface area contributed by atoms with E-state index >= 15 is 0 Å². The molecule has 168 valence electrons. The van der Waals surface area contributed by atoms with Gasteiger partial charge in [0.1, 0.15) is 11.4 Å². The number of hydrogen-bond acceptors (Lipinski definition) is 9. The van der Waals surface area contributed by atoms with Crippen LogP contribution in [0, 0.1) is 0 Å². The lowest BCUT2D eigenvalue weighted by Gasteiger charge is -2.08. The van der Waals surface area contributed by atoms with Crippen molar-refractivity contribution in [2.75, 3.05) is 12.8 Å². The van der Waals surface area contributed by atoms with E-state index < -0.39 is 5.91 Å². The van der Waals surface area contributed by atoms with Crippen molar-refractivity contribution >= 4 is 17.4 Å². The van der Waals surface area contributed by atoms with Crippen LogP contribution in [-0.2, 0) is 6.42 Å². The minimum atomic E-state index is -0.534. The molecule has 33 heavy (non-hydrogen) atoms. The van der Waals surface area contributed by atoms with Crippen LogP contribution in [0.25, 0.3) is 17.1 Å². The number of nitrogens with zero attached hydrogens (tertiary/aromatic N) is 6. The van der Waals surface area contributed by atoms with E-state index in [0.29, 0.717) is 23.4 Å². The molecule has 11 nitrogen and oxygen atoms in total. The fraction of sp³-hybridized carbons (Fsp3) is 0.182. The number of hydrogen-bond donors (Lipinski definition) is 2. The van der Waals surface area contributed by atoms with E-state index in [1.165, 1.54) is 10.2 Å². The van der Waals surface area contributed by atoms with Crippen molar-refractivity contribution < 1.29 is 14.2 Å². The van der Waals surface area contributed by atoms with E-state index in [4.69, 9.17) is 10.5 Å². The molecule has 2 heterocycles. The van der Waals surface area contributed by atoms with Gasteiger partial charge in [-0.1, -0.05) is 47.7 Å². The van der Waals surface area contributed by atoms with E-state index in [1.807, 2.05) is 25.1 Å². The number of carbonyl (C=O) groups is 1. The first-order valence-electron chi connectivity index (χ1n) is 10.1. The highest BCUT2D eigenvalue weighted by molar-refractivity contribution is 5.99. The molecule has 4 aromatic rings. The number of aromatic nitrogens is 5. The molecule has 0 aliphatic heterocycles. The maximum Gasteiger partial charge on any atom is 0.294 e. The minimum absolute atomic E-state index is 0.00535. The van der Waals surface area contributed by atoms with Crippen molar-refractivity contribution in [1.29, 1.82) is 0 Å². The Morgan fingerprint density at radius 3 is 2.73 bits per heavy atom. The largest absolute Gasteiger partial charge is 0.497 e. The molecule has 0 unspecified atom stereocenters. The molecule has 4 rings (SSSR count). The number of nitrogen functional groups attached to an aromatic ring is 1. The number of nitrogens with two attached hydrogens (primary N) is 1. The Labute approximate surface area is 189 Å². The predicted octanol–water partition coefficient (Wildman–Crippen LogP) is 2.65. The van der Waals surface area contributed by atoms with Crippen molar-refractivity contribution in [3.63, 3.8) is 0 Å². The van der Waals surface area contributed by atoms with Gasteiger partial charge in [0.05, 0.1) is 7.11 Å². The van der Waals surface area contributed by atoms with Crippen LogP contribution < -0.4 is 15.9 Å². The number of nitrogens with one attached hydrogen (secondary N) is 1. The fourth-order valence-electron chi connectivity index (χ4n) is 3.18. The van der Waals surface area contributed by atoms with Gasteiger partial charge in [-0.15, -0.1) is 5.10 Å². The molecule has 2 aromatic heterocycles. The van der Waals surface area contributed by atoms with Crippen LogP contribution in [0.5, 0.6) is 5.75 Å². The van der Waals surface area contributed by atoms with Gasteiger partial charge >= 0.3 is 0 Å². The number of rotatable bonds is 8. The SMILES string of the molecule is COc1cccc(-c2c(C(=O)N/N=C(\C)CCc3ccccc3)nnn2-c2nonc2N)c1. The zero-order valence-electron chi connectivity index (χ0n) is 18.1. The lowest BCUT2D eigenvalue weighted by molar-refractivity contribution is 0.0950. The average molecular weight is 446 g/mol. The lowest BCUT2D eigenvalue weighted by atomic mass is 10.1. The topological polar surface area (TPSA) is 146 Å². The molecule has 0 saturated heterocycles. The summed E-state index contributed by atoms with van der Waals surface area (Å²) < 4.78 is 11.3. The van der Waals surface area contributed by atoms with Gasteiger partial charge in [-0.3, -0.25) is 4.79 Å². The summed E-state index contributed by atoms with van der Waals surface area (Å²) in [6.07, 6.45) is 1.51. The first-order chi connectivity index (χ1) is 16.1. The number of benzene rings is 2. The standard InChI is InChI=1S/C22H22N8O3/c1-14(11-12-15-7-4-3-5-8-15)24-26-22(31)18-19(16-9-6-10-17(13-16)32-2)30(29-25-18)21-20(23)27-33-28-21/h3-10,13H,11-12H2,1-2H3,(H2,23,27)(H,26,31)/b24-14+. The zero-order valence-corrected chi connectivity index (χ0v) is 18.1. The number of amides is 1. The molecule has 11 heteroatoms. The summed E-state index contributed by atoms with van der Waals surface area (Å²) in [6.45, 7) is 1.85. The van der Waals surface area contributed by atoms with Crippen LogP contribution in [0.1, 0.15) is 29.4 Å². The molecule has 1 amide bonds.